The monoisotopic (exact) mass is 312 g/mol. The van der Waals surface area contributed by atoms with Crippen LogP contribution in [0.5, 0.6) is 0 Å². The summed E-state index contributed by atoms with van der Waals surface area (Å²) < 4.78 is 44.6. The van der Waals surface area contributed by atoms with Crippen molar-refractivity contribution in [1.82, 2.24) is 10.0 Å². The number of hydrogen-bond acceptors (Lipinski definition) is 4. The molecule has 0 unspecified atom stereocenters. The Hall–Kier alpha value is -1.70. The van der Waals surface area contributed by atoms with E-state index in [1.807, 2.05) is 6.92 Å². The van der Waals surface area contributed by atoms with Crippen molar-refractivity contribution in [3.05, 3.63) is 53.5 Å². The predicted octanol–water partition coefficient (Wildman–Crippen LogP) is 2.01. The van der Waals surface area contributed by atoms with Gasteiger partial charge in [0.05, 0.1) is 6.54 Å². The van der Waals surface area contributed by atoms with E-state index in [4.69, 9.17) is 4.42 Å². The van der Waals surface area contributed by atoms with Crippen LogP contribution in [0.3, 0.4) is 0 Å². The quantitative estimate of drug-likeness (QED) is 0.820. The Labute approximate surface area is 123 Å². The van der Waals surface area contributed by atoms with Crippen LogP contribution in [0.2, 0.25) is 0 Å². The van der Waals surface area contributed by atoms with Crippen LogP contribution in [0, 0.1) is 5.82 Å². The molecule has 1 aromatic heterocycles. The lowest BCUT2D eigenvalue weighted by atomic mass is 10.2. The minimum atomic E-state index is -3.71. The molecule has 0 saturated heterocycles. The van der Waals surface area contributed by atoms with Crippen LogP contribution in [0.15, 0.2) is 45.9 Å². The molecule has 0 amide bonds. The van der Waals surface area contributed by atoms with Crippen molar-refractivity contribution in [2.45, 2.75) is 25.1 Å². The SMILES string of the molecule is CCNCc1ccc(S(=O)(=O)NCc2ccc(F)cc2)o1. The standard InChI is InChI=1S/C14H17FN2O3S/c1-2-16-10-13-7-8-14(20-13)21(18,19)17-9-11-3-5-12(15)6-4-11/h3-8,16-17H,2,9-10H2,1H3. The molecule has 114 valence electrons. The van der Waals surface area contributed by atoms with Gasteiger partial charge in [0.25, 0.3) is 10.0 Å². The van der Waals surface area contributed by atoms with Gasteiger partial charge in [-0.2, -0.15) is 0 Å². The molecule has 2 N–H and O–H groups in total. The molecular weight excluding hydrogens is 295 g/mol. The molecule has 0 aliphatic carbocycles. The van der Waals surface area contributed by atoms with Crippen LogP contribution in [0.1, 0.15) is 18.2 Å². The van der Waals surface area contributed by atoms with Gasteiger partial charge in [-0.25, -0.2) is 17.5 Å². The zero-order valence-corrected chi connectivity index (χ0v) is 12.4. The highest BCUT2D eigenvalue weighted by molar-refractivity contribution is 7.89. The summed E-state index contributed by atoms with van der Waals surface area (Å²) in [6.07, 6.45) is 0. The maximum atomic E-state index is 12.8. The molecule has 0 radical (unpaired) electrons. The fraction of sp³-hybridized carbons (Fsp3) is 0.286. The van der Waals surface area contributed by atoms with E-state index in [0.717, 1.165) is 6.54 Å². The van der Waals surface area contributed by atoms with Gasteiger partial charge in [0.1, 0.15) is 11.6 Å². The molecule has 5 nitrogen and oxygen atoms in total. The summed E-state index contributed by atoms with van der Waals surface area (Å²) in [7, 11) is -3.71. The number of hydrogen-bond donors (Lipinski definition) is 2. The minimum Gasteiger partial charge on any atom is -0.447 e. The van der Waals surface area contributed by atoms with Gasteiger partial charge in [-0.15, -0.1) is 0 Å². The molecule has 7 heteroatoms. The molecule has 0 fully saturated rings. The molecule has 0 aliphatic rings. The van der Waals surface area contributed by atoms with Crippen LogP contribution < -0.4 is 10.0 Å². The minimum absolute atomic E-state index is 0.0753. The molecule has 0 aliphatic heterocycles. The second-order valence-electron chi connectivity index (χ2n) is 4.45. The summed E-state index contributed by atoms with van der Waals surface area (Å²) in [4.78, 5) is 0. The highest BCUT2D eigenvalue weighted by atomic mass is 32.2. The lowest BCUT2D eigenvalue weighted by molar-refractivity contribution is 0.401. The third kappa shape index (κ3) is 4.38. The fourth-order valence-electron chi connectivity index (χ4n) is 1.70. The van der Waals surface area contributed by atoms with Gasteiger partial charge in [-0.05, 0) is 36.4 Å². The predicted molar refractivity (Wildman–Crippen MR) is 76.5 cm³/mol. The smallest absolute Gasteiger partial charge is 0.274 e. The van der Waals surface area contributed by atoms with E-state index >= 15 is 0 Å². The number of halogens is 1. The van der Waals surface area contributed by atoms with Gasteiger partial charge in [0, 0.05) is 6.54 Å². The van der Waals surface area contributed by atoms with E-state index in [0.29, 0.717) is 17.9 Å². The Balaban J connectivity index is 2.00. The lowest BCUT2D eigenvalue weighted by Gasteiger charge is -2.04. The van der Waals surface area contributed by atoms with E-state index in [1.165, 1.54) is 30.3 Å². The van der Waals surface area contributed by atoms with E-state index in [2.05, 4.69) is 10.0 Å². The molecular formula is C14H17FN2O3S. The largest absolute Gasteiger partial charge is 0.447 e. The van der Waals surface area contributed by atoms with Crippen molar-refractivity contribution in [2.75, 3.05) is 6.54 Å². The summed E-state index contributed by atoms with van der Waals surface area (Å²) in [6, 6.07) is 8.65. The normalized spacial score (nSPS) is 11.7. The average Bonchev–Trinajstić information content (AvgIpc) is 2.94. The number of benzene rings is 1. The molecule has 0 spiro atoms. The highest BCUT2D eigenvalue weighted by Crippen LogP contribution is 2.14. The van der Waals surface area contributed by atoms with Gasteiger partial charge >= 0.3 is 0 Å². The third-order valence-electron chi connectivity index (χ3n) is 2.83. The molecule has 0 saturated carbocycles. The third-order valence-corrected chi connectivity index (χ3v) is 4.10. The summed E-state index contributed by atoms with van der Waals surface area (Å²) in [6.45, 7) is 3.27. The summed E-state index contributed by atoms with van der Waals surface area (Å²) in [5.74, 6) is 0.194. The van der Waals surface area contributed by atoms with Crippen molar-refractivity contribution in [1.29, 1.82) is 0 Å². The lowest BCUT2D eigenvalue weighted by Crippen LogP contribution is -2.22. The maximum Gasteiger partial charge on any atom is 0.274 e. The van der Waals surface area contributed by atoms with Crippen molar-refractivity contribution in [3.8, 4) is 0 Å². The molecule has 1 heterocycles. The zero-order chi connectivity index (χ0) is 15.3. The van der Waals surface area contributed by atoms with Crippen LogP contribution in [0.25, 0.3) is 0 Å². The first-order valence-electron chi connectivity index (χ1n) is 6.55. The van der Waals surface area contributed by atoms with E-state index < -0.39 is 10.0 Å². The Bertz CT molecular complexity index is 680. The van der Waals surface area contributed by atoms with Crippen LogP contribution >= 0.6 is 0 Å². The molecule has 1 aromatic carbocycles. The number of sulfonamides is 1. The molecule has 2 rings (SSSR count). The first-order valence-corrected chi connectivity index (χ1v) is 8.03. The Kier molecular flexibility index (Phi) is 5.11. The Morgan fingerprint density at radius 1 is 1.10 bits per heavy atom. The molecule has 0 atom stereocenters. The first kappa shape index (κ1) is 15.7. The van der Waals surface area contributed by atoms with Crippen molar-refractivity contribution < 1.29 is 17.2 Å². The van der Waals surface area contributed by atoms with Crippen molar-refractivity contribution in [3.63, 3.8) is 0 Å². The molecule has 0 bridgehead atoms. The summed E-state index contributed by atoms with van der Waals surface area (Å²) in [5.41, 5.74) is 0.666. The van der Waals surface area contributed by atoms with Crippen molar-refractivity contribution in [2.24, 2.45) is 0 Å². The maximum absolute atomic E-state index is 12.8. The fourth-order valence-corrected chi connectivity index (χ4v) is 2.66. The van der Waals surface area contributed by atoms with Crippen LogP contribution in [-0.2, 0) is 23.1 Å². The van der Waals surface area contributed by atoms with Gasteiger partial charge in [-0.1, -0.05) is 19.1 Å². The average molecular weight is 312 g/mol. The summed E-state index contributed by atoms with van der Waals surface area (Å²) in [5, 5.41) is 2.92. The van der Waals surface area contributed by atoms with Gasteiger partial charge in [0.15, 0.2) is 0 Å². The summed E-state index contributed by atoms with van der Waals surface area (Å²) >= 11 is 0. The highest BCUT2D eigenvalue weighted by Gasteiger charge is 2.18. The zero-order valence-electron chi connectivity index (χ0n) is 11.6. The molecule has 21 heavy (non-hydrogen) atoms. The van der Waals surface area contributed by atoms with Crippen molar-refractivity contribution >= 4 is 10.0 Å². The van der Waals surface area contributed by atoms with Gasteiger partial charge in [0.2, 0.25) is 5.09 Å². The van der Waals surface area contributed by atoms with Gasteiger partial charge in [-0.3, -0.25) is 0 Å². The van der Waals surface area contributed by atoms with E-state index in [-0.39, 0.29) is 17.5 Å². The Morgan fingerprint density at radius 2 is 1.81 bits per heavy atom. The first-order chi connectivity index (χ1) is 10.0. The van der Waals surface area contributed by atoms with Gasteiger partial charge < -0.3 is 9.73 Å². The van der Waals surface area contributed by atoms with E-state index in [1.54, 1.807) is 6.07 Å². The number of nitrogens with one attached hydrogen (secondary N) is 2. The van der Waals surface area contributed by atoms with Crippen LogP contribution in [0.4, 0.5) is 4.39 Å². The number of furan rings is 1. The number of rotatable bonds is 7. The second-order valence-corrected chi connectivity index (χ2v) is 6.15. The van der Waals surface area contributed by atoms with E-state index in [9.17, 15) is 12.8 Å². The molecule has 2 aromatic rings. The topological polar surface area (TPSA) is 71.3 Å². The second kappa shape index (κ2) is 6.84. The van der Waals surface area contributed by atoms with Crippen LogP contribution in [-0.4, -0.2) is 15.0 Å². The Morgan fingerprint density at radius 3 is 2.48 bits per heavy atom.